The van der Waals surface area contributed by atoms with Gasteiger partial charge in [0.1, 0.15) is 5.69 Å². The van der Waals surface area contributed by atoms with E-state index in [2.05, 4.69) is 33.6 Å². The molecule has 0 spiro atoms. The summed E-state index contributed by atoms with van der Waals surface area (Å²) in [5, 5.41) is 6.11. The molecule has 5 nitrogen and oxygen atoms in total. The van der Waals surface area contributed by atoms with Crippen molar-refractivity contribution in [2.24, 2.45) is 0 Å². The van der Waals surface area contributed by atoms with Crippen LogP contribution in [0.1, 0.15) is 53.5 Å². The summed E-state index contributed by atoms with van der Waals surface area (Å²) in [6.45, 7) is 7.39. The summed E-state index contributed by atoms with van der Waals surface area (Å²) < 4.78 is 0. The van der Waals surface area contributed by atoms with Crippen molar-refractivity contribution in [3.05, 3.63) is 52.8 Å². The molecule has 1 aromatic carbocycles. The minimum Gasteiger partial charge on any atom is -0.354 e. The summed E-state index contributed by atoms with van der Waals surface area (Å²) in [5.41, 5.74) is 3.43. The molecule has 24 heavy (non-hydrogen) atoms. The molecule has 0 bridgehead atoms. The Morgan fingerprint density at radius 2 is 1.96 bits per heavy atom. The molecule has 2 rings (SSSR count). The molecule has 2 N–H and O–H groups in total. The zero-order chi connectivity index (χ0) is 17.4. The fourth-order valence-electron chi connectivity index (χ4n) is 2.43. The average Bonchev–Trinajstić information content (AvgIpc) is 2.56. The van der Waals surface area contributed by atoms with Crippen LogP contribution in [0.25, 0.3) is 0 Å². The number of carbonyl (C=O) groups is 1. The Hall–Kier alpha value is -2.43. The second kappa shape index (κ2) is 9.01. The van der Waals surface area contributed by atoms with Gasteiger partial charge in [0.05, 0.1) is 0 Å². The Bertz CT molecular complexity index is 685. The van der Waals surface area contributed by atoms with Crippen LogP contribution in [0.4, 0.5) is 5.95 Å². The van der Waals surface area contributed by atoms with Crippen molar-refractivity contribution in [3.63, 3.8) is 0 Å². The molecule has 0 radical (unpaired) electrons. The normalized spacial score (nSPS) is 10.5. The molecule has 0 aliphatic heterocycles. The molecule has 0 aliphatic rings. The van der Waals surface area contributed by atoms with Crippen molar-refractivity contribution in [2.45, 2.75) is 46.6 Å². The maximum absolute atomic E-state index is 12.4. The van der Waals surface area contributed by atoms with Crippen molar-refractivity contribution < 1.29 is 4.79 Å². The maximum atomic E-state index is 12.4. The number of unbranched alkanes of at least 4 members (excludes halogenated alkanes) is 2. The van der Waals surface area contributed by atoms with Gasteiger partial charge < -0.3 is 10.6 Å². The number of carbonyl (C=O) groups excluding carboxylic acids is 1. The van der Waals surface area contributed by atoms with Gasteiger partial charge in [0, 0.05) is 18.8 Å². The van der Waals surface area contributed by atoms with E-state index in [0.29, 0.717) is 18.2 Å². The van der Waals surface area contributed by atoms with Crippen LogP contribution in [0.5, 0.6) is 0 Å². The predicted octanol–water partition coefficient (Wildman–Crippen LogP) is 3.63. The second-order valence-electron chi connectivity index (χ2n) is 6.02. The third-order valence-corrected chi connectivity index (χ3v) is 3.69. The van der Waals surface area contributed by atoms with Gasteiger partial charge in [0.2, 0.25) is 5.95 Å². The van der Waals surface area contributed by atoms with Crippen LogP contribution >= 0.6 is 0 Å². The van der Waals surface area contributed by atoms with Crippen LogP contribution in [0, 0.1) is 13.8 Å². The van der Waals surface area contributed by atoms with E-state index in [0.717, 1.165) is 24.2 Å². The number of nitrogens with one attached hydrogen (secondary N) is 2. The Kier molecular flexibility index (Phi) is 6.73. The number of anilines is 1. The molecular weight excluding hydrogens is 300 g/mol. The fourth-order valence-corrected chi connectivity index (χ4v) is 2.43. The first-order valence-electron chi connectivity index (χ1n) is 8.52. The quantitative estimate of drug-likeness (QED) is 0.727. The Balaban J connectivity index is 1.96. The fraction of sp³-hybridized carbons (Fsp3) is 0.421. The summed E-state index contributed by atoms with van der Waals surface area (Å²) in [6.07, 6.45) is 3.41. The van der Waals surface area contributed by atoms with Crippen molar-refractivity contribution in [1.29, 1.82) is 0 Å². The summed E-state index contributed by atoms with van der Waals surface area (Å²) in [7, 11) is 0. The number of nitrogens with zero attached hydrogens (tertiary/aromatic N) is 2. The second-order valence-corrected chi connectivity index (χ2v) is 6.02. The summed E-state index contributed by atoms with van der Waals surface area (Å²) >= 11 is 0. The standard InChI is InChI=1S/C19H26N4O/c1-4-5-6-10-20-19-22-15(3)12-17(23-19)18(24)21-13-16-9-7-8-14(2)11-16/h7-9,11-12H,4-6,10,13H2,1-3H3,(H,21,24)(H,20,22,23). The van der Waals surface area contributed by atoms with Crippen molar-refractivity contribution in [3.8, 4) is 0 Å². The molecule has 1 aromatic heterocycles. The molecule has 0 aliphatic carbocycles. The van der Waals surface area contributed by atoms with Gasteiger partial charge >= 0.3 is 0 Å². The molecule has 1 heterocycles. The highest BCUT2D eigenvalue weighted by Gasteiger charge is 2.10. The van der Waals surface area contributed by atoms with Gasteiger partial charge in [-0.05, 0) is 31.9 Å². The Labute approximate surface area is 143 Å². The van der Waals surface area contributed by atoms with E-state index < -0.39 is 0 Å². The van der Waals surface area contributed by atoms with Gasteiger partial charge in [-0.15, -0.1) is 0 Å². The van der Waals surface area contributed by atoms with Crippen molar-refractivity contribution in [2.75, 3.05) is 11.9 Å². The third-order valence-electron chi connectivity index (χ3n) is 3.69. The largest absolute Gasteiger partial charge is 0.354 e. The van der Waals surface area contributed by atoms with E-state index in [1.165, 1.54) is 18.4 Å². The van der Waals surface area contributed by atoms with E-state index in [9.17, 15) is 4.79 Å². The lowest BCUT2D eigenvalue weighted by atomic mass is 10.1. The van der Waals surface area contributed by atoms with Gasteiger partial charge in [-0.1, -0.05) is 49.6 Å². The van der Waals surface area contributed by atoms with E-state index in [1.807, 2.05) is 32.0 Å². The van der Waals surface area contributed by atoms with Crippen LogP contribution in [-0.4, -0.2) is 22.4 Å². The first-order chi connectivity index (χ1) is 11.6. The van der Waals surface area contributed by atoms with E-state index >= 15 is 0 Å². The zero-order valence-corrected chi connectivity index (χ0v) is 14.7. The molecule has 0 saturated heterocycles. The molecule has 0 fully saturated rings. The van der Waals surface area contributed by atoms with E-state index in [4.69, 9.17) is 0 Å². The van der Waals surface area contributed by atoms with Crippen molar-refractivity contribution in [1.82, 2.24) is 15.3 Å². The number of aromatic nitrogens is 2. The molecule has 5 heteroatoms. The number of rotatable bonds is 8. The van der Waals surface area contributed by atoms with E-state index in [-0.39, 0.29) is 5.91 Å². The minimum absolute atomic E-state index is 0.182. The van der Waals surface area contributed by atoms with Crippen molar-refractivity contribution >= 4 is 11.9 Å². The number of hydrogen-bond donors (Lipinski definition) is 2. The summed E-state index contributed by atoms with van der Waals surface area (Å²) in [4.78, 5) is 21.0. The van der Waals surface area contributed by atoms with Crippen LogP contribution < -0.4 is 10.6 Å². The molecule has 0 saturated carbocycles. The smallest absolute Gasteiger partial charge is 0.270 e. The predicted molar refractivity (Wildman–Crippen MR) is 97.1 cm³/mol. The van der Waals surface area contributed by atoms with Crippen LogP contribution in [-0.2, 0) is 6.54 Å². The van der Waals surface area contributed by atoms with Crippen LogP contribution in [0.2, 0.25) is 0 Å². The topological polar surface area (TPSA) is 66.9 Å². The van der Waals surface area contributed by atoms with Crippen LogP contribution in [0.15, 0.2) is 30.3 Å². The first kappa shape index (κ1) is 17.9. The number of benzene rings is 1. The summed E-state index contributed by atoms with van der Waals surface area (Å²) in [5.74, 6) is 0.338. The number of hydrogen-bond acceptors (Lipinski definition) is 4. The van der Waals surface area contributed by atoms with E-state index in [1.54, 1.807) is 6.07 Å². The Morgan fingerprint density at radius 1 is 1.12 bits per heavy atom. The molecule has 128 valence electrons. The first-order valence-corrected chi connectivity index (χ1v) is 8.52. The molecular formula is C19H26N4O. The maximum Gasteiger partial charge on any atom is 0.270 e. The Morgan fingerprint density at radius 3 is 2.71 bits per heavy atom. The number of aryl methyl sites for hydroxylation is 2. The average molecular weight is 326 g/mol. The molecule has 0 unspecified atom stereocenters. The number of amides is 1. The molecule has 1 amide bonds. The SMILES string of the molecule is CCCCCNc1nc(C)cc(C(=O)NCc2cccc(C)c2)n1. The minimum atomic E-state index is -0.182. The highest BCUT2D eigenvalue weighted by Crippen LogP contribution is 2.07. The zero-order valence-electron chi connectivity index (χ0n) is 14.7. The monoisotopic (exact) mass is 326 g/mol. The van der Waals surface area contributed by atoms with Gasteiger partial charge in [0.25, 0.3) is 5.91 Å². The lowest BCUT2D eigenvalue weighted by Gasteiger charge is -2.09. The van der Waals surface area contributed by atoms with Gasteiger partial charge in [-0.2, -0.15) is 0 Å². The van der Waals surface area contributed by atoms with Crippen LogP contribution in [0.3, 0.4) is 0 Å². The third kappa shape index (κ3) is 5.65. The summed E-state index contributed by atoms with van der Waals surface area (Å²) in [6, 6.07) is 9.80. The highest BCUT2D eigenvalue weighted by molar-refractivity contribution is 5.92. The van der Waals surface area contributed by atoms with Gasteiger partial charge in [-0.25, -0.2) is 9.97 Å². The molecule has 2 aromatic rings. The lowest BCUT2D eigenvalue weighted by molar-refractivity contribution is 0.0945. The van der Waals surface area contributed by atoms with Gasteiger partial charge in [-0.3, -0.25) is 4.79 Å². The molecule has 0 atom stereocenters. The highest BCUT2D eigenvalue weighted by atomic mass is 16.1. The lowest BCUT2D eigenvalue weighted by Crippen LogP contribution is -2.24. The van der Waals surface area contributed by atoms with Gasteiger partial charge in [0.15, 0.2) is 0 Å².